The van der Waals surface area contributed by atoms with Crippen LogP contribution in [0.5, 0.6) is 0 Å². The van der Waals surface area contributed by atoms with Gasteiger partial charge in [-0.2, -0.15) is 26.3 Å². The first kappa shape index (κ1) is 21.5. The molecule has 150 valence electrons. The van der Waals surface area contributed by atoms with Crippen LogP contribution in [0.15, 0.2) is 30.3 Å². The van der Waals surface area contributed by atoms with Crippen molar-refractivity contribution >= 4 is 60.7 Å². The molecular weight excluding hydrogens is 497 g/mol. The molecule has 1 N–H and O–H groups in total. The lowest BCUT2D eigenvalue weighted by Gasteiger charge is -2.20. The van der Waals surface area contributed by atoms with Gasteiger partial charge in [-0.15, -0.1) is 0 Å². The van der Waals surface area contributed by atoms with E-state index in [9.17, 15) is 31.4 Å². The van der Waals surface area contributed by atoms with E-state index in [-0.39, 0.29) is 43.2 Å². The van der Waals surface area contributed by atoms with Crippen LogP contribution in [0.2, 0.25) is 10.0 Å². The smallest absolute Gasteiger partial charge is 0.388 e. The molecule has 0 aliphatic rings. The molecule has 0 amide bonds. The zero-order valence-electron chi connectivity index (χ0n) is 13.5. The van der Waals surface area contributed by atoms with Gasteiger partial charge >= 0.3 is 12.4 Å². The molecule has 0 aliphatic heterocycles. The van der Waals surface area contributed by atoms with Crippen molar-refractivity contribution in [2.24, 2.45) is 0 Å². The van der Waals surface area contributed by atoms with Gasteiger partial charge in [0.05, 0.1) is 27.3 Å². The zero-order valence-corrected chi connectivity index (χ0v) is 16.6. The maximum atomic E-state index is 13.6. The van der Waals surface area contributed by atoms with Gasteiger partial charge in [0, 0.05) is 10.7 Å². The van der Waals surface area contributed by atoms with Crippen molar-refractivity contribution in [3.05, 3.63) is 57.1 Å². The van der Waals surface area contributed by atoms with Crippen LogP contribution < -0.4 is 0 Å². The first-order valence-electron chi connectivity index (χ1n) is 7.62. The van der Waals surface area contributed by atoms with E-state index in [2.05, 4.69) is 15.9 Å². The van der Waals surface area contributed by atoms with Crippen LogP contribution in [0.3, 0.4) is 0 Å². The van der Waals surface area contributed by atoms with Crippen LogP contribution in [0.4, 0.5) is 26.3 Å². The van der Waals surface area contributed by atoms with Gasteiger partial charge in [0.25, 0.3) is 0 Å². The van der Waals surface area contributed by atoms with Gasteiger partial charge in [-0.05, 0) is 52.1 Å². The monoisotopic (exact) mass is 504 g/mol. The van der Waals surface area contributed by atoms with Crippen LogP contribution in [-0.4, -0.2) is 10.4 Å². The van der Waals surface area contributed by atoms with Crippen molar-refractivity contribution in [3.8, 4) is 0 Å². The molecule has 0 bridgehead atoms. The van der Waals surface area contributed by atoms with E-state index < -0.39 is 35.0 Å². The first-order chi connectivity index (χ1) is 12.8. The second kappa shape index (κ2) is 7.23. The fourth-order valence-corrected chi connectivity index (χ4v) is 3.74. The predicted octanol–water partition coefficient (Wildman–Crippen LogP) is 7.77. The van der Waals surface area contributed by atoms with Crippen molar-refractivity contribution in [2.75, 3.05) is 5.33 Å². The SMILES string of the molecule is O[C@H](CBr)c1cc2cc(C(F)(F)F)cc(C(F)(F)F)c2c2cc(Cl)c(Cl)cc12. The van der Waals surface area contributed by atoms with E-state index in [1.165, 1.54) is 6.07 Å². The largest absolute Gasteiger partial charge is 0.417 e. The average molecular weight is 506 g/mol. The topological polar surface area (TPSA) is 20.2 Å². The molecule has 3 aromatic rings. The van der Waals surface area contributed by atoms with Crippen molar-refractivity contribution < 1.29 is 31.4 Å². The third kappa shape index (κ3) is 3.79. The number of benzene rings is 3. The highest BCUT2D eigenvalue weighted by molar-refractivity contribution is 9.09. The number of aliphatic hydroxyl groups is 1. The Morgan fingerprint density at radius 3 is 1.93 bits per heavy atom. The Labute approximate surface area is 173 Å². The summed E-state index contributed by atoms with van der Waals surface area (Å²) < 4.78 is 80.4. The van der Waals surface area contributed by atoms with Crippen LogP contribution >= 0.6 is 39.1 Å². The summed E-state index contributed by atoms with van der Waals surface area (Å²) in [6.07, 6.45) is -11.2. The molecule has 0 radical (unpaired) electrons. The summed E-state index contributed by atoms with van der Waals surface area (Å²) in [5.41, 5.74) is -2.75. The molecule has 0 saturated carbocycles. The lowest BCUT2D eigenvalue weighted by Crippen LogP contribution is -2.12. The third-order valence-electron chi connectivity index (χ3n) is 4.26. The summed E-state index contributed by atoms with van der Waals surface area (Å²) in [6.45, 7) is 0. The maximum Gasteiger partial charge on any atom is 0.417 e. The Kier molecular flexibility index (Phi) is 5.55. The molecule has 0 saturated heterocycles. The van der Waals surface area contributed by atoms with Gasteiger partial charge in [0.1, 0.15) is 0 Å². The number of fused-ring (bicyclic) bond motifs is 3. The molecule has 0 fully saturated rings. The first-order valence-corrected chi connectivity index (χ1v) is 9.50. The normalized spacial score (nSPS) is 14.1. The van der Waals surface area contributed by atoms with E-state index >= 15 is 0 Å². The molecule has 0 heterocycles. The number of hydrogen-bond acceptors (Lipinski definition) is 1. The Hall–Kier alpha value is -1.22. The summed E-state index contributed by atoms with van der Waals surface area (Å²) >= 11 is 15.0. The molecular formula is C18H9BrCl2F6O. The summed E-state index contributed by atoms with van der Waals surface area (Å²) in [5, 5.41) is 9.58. The molecule has 28 heavy (non-hydrogen) atoms. The van der Waals surface area contributed by atoms with E-state index in [0.717, 1.165) is 12.1 Å². The second-order valence-electron chi connectivity index (χ2n) is 6.07. The zero-order chi connectivity index (χ0) is 21.0. The maximum absolute atomic E-state index is 13.6. The van der Waals surface area contributed by atoms with Crippen LogP contribution in [0, 0.1) is 0 Å². The Morgan fingerprint density at radius 1 is 0.857 bits per heavy atom. The number of halogens is 9. The number of alkyl halides is 7. The molecule has 3 aromatic carbocycles. The molecule has 3 rings (SSSR count). The highest BCUT2D eigenvalue weighted by atomic mass is 79.9. The number of aliphatic hydroxyl groups excluding tert-OH is 1. The fraction of sp³-hybridized carbons (Fsp3) is 0.222. The Balaban J connectivity index is 2.60. The predicted molar refractivity (Wildman–Crippen MR) is 100 cm³/mol. The standard InChI is InChI=1S/C18H9BrCl2F6O/c19-6-15(28)10-2-7-1-8(17(22,23)24)3-12(18(25,26)27)16(7)11-5-14(21)13(20)4-9(10)11/h1-5,15,28H,6H2/t15-/m1/s1. The van der Waals surface area contributed by atoms with Gasteiger partial charge in [-0.25, -0.2) is 0 Å². The Bertz CT molecular complexity index is 1080. The average Bonchev–Trinajstić information content (AvgIpc) is 2.59. The highest BCUT2D eigenvalue weighted by Gasteiger charge is 2.38. The summed E-state index contributed by atoms with van der Waals surface area (Å²) in [7, 11) is 0. The van der Waals surface area contributed by atoms with Crippen LogP contribution in [0.25, 0.3) is 21.5 Å². The van der Waals surface area contributed by atoms with Gasteiger partial charge in [-0.1, -0.05) is 39.1 Å². The minimum Gasteiger partial charge on any atom is -0.388 e. The minimum atomic E-state index is -5.05. The third-order valence-corrected chi connectivity index (χ3v) is 5.59. The lowest BCUT2D eigenvalue weighted by molar-refractivity contribution is -0.142. The van der Waals surface area contributed by atoms with Crippen LogP contribution in [-0.2, 0) is 12.4 Å². The molecule has 0 aromatic heterocycles. The van der Waals surface area contributed by atoms with Crippen molar-refractivity contribution in [3.63, 3.8) is 0 Å². The quantitative estimate of drug-likeness (QED) is 0.214. The Morgan fingerprint density at radius 2 is 1.43 bits per heavy atom. The van der Waals surface area contributed by atoms with Crippen molar-refractivity contribution in [1.29, 1.82) is 0 Å². The van der Waals surface area contributed by atoms with Gasteiger partial charge in [0.2, 0.25) is 0 Å². The van der Waals surface area contributed by atoms with Crippen molar-refractivity contribution in [2.45, 2.75) is 18.5 Å². The second-order valence-corrected chi connectivity index (χ2v) is 7.53. The summed E-state index contributed by atoms with van der Waals surface area (Å²) in [4.78, 5) is 0. The van der Waals surface area contributed by atoms with E-state index in [4.69, 9.17) is 23.2 Å². The molecule has 0 spiro atoms. The van der Waals surface area contributed by atoms with E-state index in [1.54, 1.807) is 0 Å². The molecule has 1 atom stereocenters. The van der Waals surface area contributed by atoms with E-state index in [1.807, 2.05) is 0 Å². The molecule has 0 aliphatic carbocycles. The van der Waals surface area contributed by atoms with Crippen LogP contribution in [0.1, 0.15) is 22.8 Å². The molecule has 0 unspecified atom stereocenters. The van der Waals surface area contributed by atoms with Crippen molar-refractivity contribution in [1.82, 2.24) is 0 Å². The molecule has 10 heteroatoms. The lowest BCUT2D eigenvalue weighted by atomic mass is 9.90. The minimum absolute atomic E-state index is 0.0128. The van der Waals surface area contributed by atoms with Gasteiger partial charge in [0.15, 0.2) is 0 Å². The van der Waals surface area contributed by atoms with Gasteiger partial charge < -0.3 is 5.11 Å². The number of hydrogen-bond donors (Lipinski definition) is 1. The number of rotatable bonds is 2. The fourth-order valence-electron chi connectivity index (χ4n) is 3.06. The summed E-state index contributed by atoms with van der Waals surface area (Å²) in [5.74, 6) is 0. The highest BCUT2D eigenvalue weighted by Crippen LogP contribution is 2.45. The molecule has 1 nitrogen and oxygen atoms in total. The summed E-state index contributed by atoms with van der Waals surface area (Å²) in [6, 6.07) is 4.26. The van der Waals surface area contributed by atoms with E-state index in [0.29, 0.717) is 6.07 Å². The van der Waals surface area contributed by atoms with Gasteiger partial charge in [-0.3, -0.25) is 0 Å².